The van der Waals surface area contributed by atoms with Crippen LogP contribution in [0.2, 0.25) is 10.0 Å². The highest BCUT2D eigenvalue weighted by Gasteiger charge is 2.32. The van der Waals surface area contributed by atoms with Gasteiger partial charge in [0.15, 0.2) is 0 Å². The number of nitrogens with two attached hydrogens (primary N) is 1. The van der Waals surface area contributed by atoms with Gasteiger partial charge in [0.25, 0.3) is 11.8 Å². The van der Waals surface area contributed by atoms with Crippen LogP contribution < -0.4 is 15.8 Å². The van der Waals surface area contributed by atoms with Gasteiger partial charge in [-0.05, 0) is 31.0 Å². The summed E-state index contributed by atoms with van der Waals surface area (Å²) in [6.45, 7) is 0. The van der Waals surface area contributed by atoms with Crippen molar-refractivity contribution in [2.45, 2.75) is 18.9 Å². The van der Waals surface area contributed by atoms with Crippen LogP contribution >= 0.6 is 23.2 Å². The Morgan fingerprint density at radius 3 is 2.61 bits per heavy atom. The molecule has 4 rings (SSSR count). The van der Waals surface area contributed by atoms with E-state index in [1.807, 2.05) is 0 Å². The fourth-order valence-corrected chi connectivity index (χ4v) is 3.91. The van der Waals surface area contributed by atoms with Crippen molar-refractivity contribution in [3.63, 3.8) is 0 Å². The first-order valence-electron chi connectivity index (χ1n) is 9.47. The maximum absolute atomic E-state index is 13.1. The van der Waals surface area contributed by atoms with Crippen LogP contribution in [-0.4, -0.2) is 46.9 Å². The van der Waals surface area contributed by atoms with E-state index in [4.69, 9.17) is 33.7 Å². The molecule has 1 aromatic heterocycles. The van der Waals surface area contributed by atoms with E-state index in [1.54, 1.807) is 30.1 Å². The van der Waals surface area contributed by atoms with Gasteiger partial charge in [-0.25, -0.2) is 9.97 Å². The number of anilines is 2. The molecular formula is C21H19Cl2N5O3. The molecule has 2 aromatic carbocycles. The van der Waals surface area contributed by atoms with Crippen LogP contribution in [0, 0.1) is 0 Å². The van der Waals surface area contributed by atoms with Gasteiger partial charge in [-0.3, -0.25) is 9.59 Å². The van der Waals surface area contributed by atoms with Crippen molar-refractivity contribution < 1.29 is 14.3 Å². The molecule has 3 N–H and O–H groups in total. The highest BCUT2D eigenvalue weighted by molar-refractivity contribution is 6.43. The van der Waals surface area contributed by atoms with Gasteiger partial charge in [-0.2, -0.15) is 0 Å². The van der Waals surface area contributed by atoms with E-state index in [0.717, 1.165) is 12.8 Å². The van der Waals surface area contributed by atoms with Crippen molar-refractivity contribution in [2.75, 3.05) is 25.2 Å². The normalized spacial score (nSPS) is 13.2. The number of methoxy groups -OCH3 is 1. The van der Waals surface area contributed by atoms with E-state index in [2.05, 4.69) is 15.3 Å². The molecule has 0 spiro atoms. The summed E-state index contributed by atoms with van der Waals surface area (Å²) in [4.78, 5) is 35.8. The minimum absolute atomic E-state index is 0.0334. The number of nitrogens with zero attached hydrogens (tertiary/aromatic N) is 3. The van der Waals surface area contributed by atoms with Crippen molar-refractivity contribution in [1.82, 2.24) is 14.9 Å². The van der Waals surface area contributed by atoms with E-state index >= 15 is 0 Å². The Bertz CT molecular complexity index is 1210. The largest absolute Gasteiger partial charge is 0.495 e. The first kappa shape index (κ1) is 21.1. The number of carbonyl (C=O) groups excluding carboxylic acids is 2. The molecule has 1 heterocycles. The zero-order valence-electron chi connectivity index (χ0n) is 16.8. The summed E-state index contributed by atoms with van der Waals surface area (Å²) in [6.07, 6.45) is 3.17. The number of hydrogen-bond acceptors (Lipinski definition) is 6. The summed E-state index contributed by atoms with van der Waals surface area (Å²) in [5.74, 6) is -0.315. The molecule has 1 fully saturated rings. The van der Waals surface area contributed by atoms with Gasteiger partial charge in [-0.1, -0.05) is 29.3 Å². The Morgan fingerprint density at radius 2 is 1.94 bits per heavy atom. The first-order valence-corrected chi connectivity index (χ1v) is 10.2. The Morgan fingerprint density at radius 1 is 1.19 bits per heavy atom. The lowest BCUT2D eigenvalue weighted by atomic mass is 10.1. The van der Waals surface area contributed by atoms with E-state index in [9.17, 15) is 9.59 Å². The fraction of sp³-hybridized carbons (Fsp3) is 0.238. The number of halogens is 2. The van der Waals surface area contributed by atoms with Crippen LogP contribution in [0.15, 0.2) is 30.6 Å². The number of nitrogens with one attached hydrogen (secondary N) is 1. The van der Waals surface area contributed by atoms with Crippen molar-refractivity contribution in [1.29, 1.82) is 0 Å². The smallest absolute Gasteiger partial charge is 0.257 e. The van der Waals surface area contributed by atoms with Gasteiger partial charge in [0.1, 0.15) is 22.9 Å². The molecule has 31 heavy (non-hydrogen) atoms. The molecule has 0 aliphatic heterocycles. The lowest BCUT2D eigenvalue weighted by Gasteiger charge is -2.20. The van der Waals surface area contributed by atoms with Gasteiger partial charge in [-0.15, -0.1) is 0 Å². The lowest BCUT2D eigenvalue weighted by molar-refractivity contribution is 0.0784. The number of aromatic nitrogens is 2. The van der Waals surface area contributed by atoms with Crippen LogP contribution in [0.25, 0.3) is 10.9 Å². The van der Waals surface area contributed by atoms with Gasteiger partial charge < -0.3 is 20.7 Å². The first-order chi connectivity index (χ1) is 14.8. The number of rotatable bonds is 5. The second-order valence-electron chi connectivity index (χ2n) is 7.19. The molecular weight excluding hydrogens is 441 g/mol. The number of ether oxygens (including phenoxy) is 1. The highest BCUT2D eigenvalue weighted by atomic mass is 35.5. The minimum atomic E-state index is -0.519. The summed E-state index contributed by atoms with van der Waals surface area (Å²) in [5, 5.41) is 3.36. The van der Waals surface area contributed by atoms with Gasteiger partial charge in [0, 0.05) is 18.5 Å². The Balaban J connectivity index is 1.76. The molecule has 1 aliphatic carbocycles. The third kappa shape index (κ3) is 3.84. The number of nitrogen functional groups attached to an aromatic ring is 1. The van der Waals surface area contributed by atoms with E-state index < -0.39 is 5.91 Å². The highest BCUT2D eigenvalue weighted by Crippen LogP contribution is 2.42. The second-order valence-corrected chi connectivity index (χ2v) is 7.95. The standard InChI is InChI=1S/C21H19Cl2N5O3/c1-28(10-6-7-10)21(30)13-8-14(31-2)16(23)18(15(13)22)27-20(29)12-5-3-4-11-17(12)25-9-26-19(11)24/h3-5,8-10H,6-7H2,1-2H3,(H,27,29)(H2,24,25,26). The summed E-state index contributed by atoms with van der Waals surface area (Å²) in [7, 11) is 3.14. The Labute approximate surface area is 188 Å². The average Bonchev–Trinajstić information content (AvgIpc) is 3.61. The molecule has 160 valence electrons. The maximum atomic E-state index is 13.1. The molecule has 0 saturated heterocycles. The average molecular weight is 460 g/mol. The van der Waals surface area contributed by atoms with Gasteiger partial charge in [0.2, 0.25) is 0 Å². The summed E-state index contributed by atoms with van der Waals surface area (Å²) in [6, 6.07) is 6.65. The van der Waals surface area contributed by atoms with Crippen molar-refractivity contribution in [2.24, 2.45) is 0 Å². The molecule has 0 unspecified atom stereocenters. The lowest BCUT2D eigenvalue weighted by Crippen LogP contribution is -2.29. The molecule has 1 aliphatic rings. The summed E-state index contributed by atoms with van der Waals surface area (Å²) < 4.78 is 5.31. The zero-order valence-corrected chi connectivity index (χ0v) is 18.3. The molecule has 1 saturated carbocycles. The molecule has 0 atom stereocenters. The summed E-state index contributed by atoms with van der Waals surface area (Å²) in [5.41, 5.74) is 6.80. The van der Waals surface area contributed by atoms with E-state index in [0.29, 0.717) is 10.9 Å². The molecule has 0 bridgehead atoms. The fourth-order valence-electron chi connectivity index (χ4n) is 3.32. The van der Waals surface area contributed by atoms with Crippen molar-refractivity contribution in [3.05, 3.63) is 51.8 Å². The van der Waals surface area contributed by atoms with Gasteiger partial charge >= 0.3 is 0 Å². The van der Waals surface area contributed by atoms with Crippen LogP contribution in [-0.2, 0) is 0 Å². The third-order valence-corrected chi connectivity index (χ3v) is 5.98. The number of amides is 2. The maximum Gasteiger partial charge on any atom is 0.257 e. The monoisotopic (exact) mass is 459 g/mol. The molecule has 3 aromatic rings. The molecule has 2 amide bonds. The Hall–Kier alpha value is -3.10. The zero-order chi connectivity index (χ0) is 22.3. The number of hydrogen-bond donors (Lipinski definition) is 2. The molecule has 0 radical (unpaired) electrons. The molecule has 8 nitrogen and oxygen atoms in total. The van der Waals surface area contributed by atoms with Crippen molar-refractivity contribution in [3.8, 4) is 5.75 Å². The number of benzene rings is 2. The van der Waals surface area contributed by atoms with E-state index in [-0.39, 0.29) is 50.4 Å². The van der Waals surface area contributed by atoms with Crippen LogP contribution in [0.5, 0.6) is 5.75 Å². The summed E-state index contributed by atoms with van der Waals surface area (Å²) >= 11 is 13.0. The topological polar surface area (TPSA) is 110 Å². The Kier molecular flexibility index (Phi) is 5.60. The van der Waals surface area contributed by atoms with Crippen LogP contribution in [0.3, 0.4) is 0 Å². The number of fused-ring (bicyclic) bond motifs is 1. The number of carbonyl (C=O) groups is 2. The minimum Gasteiger partial charge on any atom is -0.495 e. The third-order valence-electron chi connectivity index (χ3n) is 5.21. The van der Waals surface area contributed by atoms with Crippen molar-refractivity contribution >= 4 is 57.4 Å². The predicted octanol–water partition coefficient (Wildman–Crippen LogP) is 4.01. The predicted molar refractivity (Wildman–Crippen MR) is 120 cm³/mol. The second kappa shape index (κ2) is 8.20. The SMILES string of the molecule is COc1cc(C(=O)N(C)C2CC2)c(Cl)c(NC(=O)c2cccc3c(N)ncnc23)c1Cl. The van der Waals surface area contributed by atoms with Gasteiger partial charge in [0.05, 0.1) is 34.5 Å². The van der Waals surface area contributed by atoms with Crippen LogP contribution in [0.1, 0.15) is 33.6 Å². The molecule has 10 heteroatoms. The van der Waals surface area contributed by atoms with E-state index in [1.165, 1.54) is 19.5 Å². The van der Waals surface area contributed by atoms with Crippen LogP contribution in [0.4, 0.5) is 11.5 Å². The quantitative estimate of drug-likeness (QED) is 0.595. The number of para-hydroxylation sites is 1.